The normalized spacial score (nSPS) is 20.4. The molecule has 0 unspecified atom stereocenters. The number of carbonyl (C=O) groups excluding carboxylic acids is 3. The SMILES string of the molecule is O=C(CCN1C(=O)CCC1=O)NC[C@@H]1CCN(c2ccc(Cl)cc2)C1. The molecule has 1 N–H and O–H groups in total. The van der Waals surface area contributed by atoms with Gasteiger partial charge in [-0.15, -0.1) is 0 Å². The number of nitrogens with one attached hydrogen (secondary N) is 1. The molecule has 2 heterocycles. The third kappa shape index (κ3) is 4.51. The molecule has 0 aromatic heterocycles. The Labute approximate surface area is 152 Å². The van der Waals surface area contributed by atoms with E-state index in [0.29, 0.717) is 12.5 Å². The fourth-order valence-corrected chi connectivity index (χ4v) is 3.44. The summed E-state index contributed by atoms with van der Waals surface area (Å²) in [6.07, 6.45) is 1.73. The van der Waals surface area contributed by atoms with Crippen molar-refractivity contribution < 1.29 is 14.4 Å². The average molecular weight is 364 g/mol. The van der Waals surface area contributed by atoms with E-state index < -0.39 is 0 Å². The van der Waals surface area contributed by atoms with Gasteiger partial charge in [0.15, 0.2) is 0 Å². The third-order valence-corrected chi connectivity index (χ3v) is 5.03. The minimum Gasteiger partial charge on any atom is -0.371 e. The molecule has 1 aromatic carbocycles. The van der Waals surface area contributed by atoms with Gasteiger partial charge in [0.05, 0.1) is 0 Å². The lowest BCUT2D eigenvalue weighted by Gasteiger charge is -2.19. The topological polar surface area (TPSA) is 69.7 Å². The van der Waals surface area contributed by atoms with E-state index in [-0.39, 0.29) is 43.5 Å². The van der Waals surface area contributed by atoms with Crippen LogP contribution in [0.2, 0.25) is 5.02 Å². The highest BCUT2D eigenvalue weighted by Crippen LogP contribution is 2.24. The van der Waals surface area contributed by atoms with Gasteiger partial charge >= 0.3 is 0 Å². The maximum atomic E-state index is 12.0. The molecule has 3 amide bonds. The molecule has 0 radical (unpaired) electrons. The van der Waals surface area contributed by atoms with Crippen LogP contribution in [-0.2, 0) is 14.4 Å². The van der Waals surface area contributed by atoms with Crippen LogP contribution in [0.25, 0.3) is 0 Å². The van der Waals surface area contributed by atoms with Gasteiger partial charge in [-0.25, -0.2) is 0 Å². The zero-order chi connectivity index (χ0) is 17.8. The van der Waals surface area contributed by atoms with Gasteiger partial charge in [0, 0.05) is 56.2 Å². The Balaban J connectivity index is 1.39. The molecule has 0 aliphatic carbocycles. The molecule has 1 atom stereocenters. The molecule has 3 rings (SSSR count). The highest BCUT2D eigenvalue weighted by molar-refractivity contribution is 6.30. The first-order chi connectivity index (χ1) is 12.0. The number of hydrogen-bond donors (Lipinski definition) is 1. The molecule has 7 heteroatoms. The van der Waals surface area contributed by atoms with E-state index in [0.717, 1.165) is 30.2 Å². The zero-order valence-corrected chi connectivity index (χ0v) is 14.8. The minimum absolute atomic E-state index is 0.113. The van der Waals surface area contributed by atoms with E-state index in [9.17, 15) is 14.4 Å². The Bertz CT molecular complexity index is 646. The van der Waals surface area contributed by atoms with Gasteiger partial charge in [0.1, 0.15) is 0 Å². The fourth-order valence-electron chi connectivity index (χ4n) is 3.32. The van der Waals surface area contributed by atoms with Crippen molar-refractivity contribution >= 4 is 35.0 Å². The number of nitrogens with zero attached hydrogens (tertiary/aromatic N) is 2. The van der Waals surface area contributed by atoms with E-state index in [1.54, 1.807) is 0 Å². The Morgan fingerprint density at radius 1 is 1.16 bits per heavy atom. The summed E-state index contributed by atoms with van der Waals surface area (Å²) in [6.45, 7) is 2.65. The van der Waals surface area contributed by atoms with Gasteiger partial charge < -0.3 is 10.2 Å². The summed E-state index contributed by atoms with van der Waals surface area (Å²) in [5, 5.41) is 3.65. The smallest absolute Gasteiger partial charge is 0.229 e. The second-order valence-corrected chi connectivity index (χ2v) is 7.01. The van der Waals surface area contributed by atoms with Gasteiger partial charge in [-0.3, -0.25) is 19.3 Å². The predicted molar refractivity (Wildman–Crippen MR) is 95.4 cm³/mol. The average Bonchev–Trinajstić information content (AvgIpc) is 3.19. The second kappa shape index (κ2) is 7.87. The molecule has 1 aromatic rings. The second-order valence-electron chi connectivity index (χ2n) is 6.57. The van der Waals surface area contributed by atoms with E-state index in [1.807, 2.05) is 24.3 Å². The number of benzene rings is 1. The molecule has 2 fully saturated rings. The number of imide groups is 1. The number of hydrogen-bond acceptors (Lipinski definition) is 4. The lowest BCUT2D eigenvalue weighted by atomic mass is 10.1. The van der Waals surface area contributed by atoms with Gasteiger partial charge in [-0.2, -0.15) is 0 Å². The molecule has 134 valence electrons. The minimum atomic E-state index is -0.174. The lowest BCUT2D eigenvalue weighted by Crippen LogP contribution is -2.36. The van der Waals surface area contributed by atoms with Crippen LogP contribution < -0.4 is 10.2 Å². The number of carbonyl (C=O) groups is 3. The van der Waals surface area contributed by atoms with Crippen molar-refractivity contribution in [2.24, 2.45) is 5.92 Å². The Hall–Kier alpha value is -2.08. The van der Waals surface area contributed by atoms with Crippen molar-refractivity contribution in [3.05, 3.63) is 29.3 Å². The van der Waals surface area contributed by atoms with E-state index in [1.165, 1.54) is 4.90 Å². The summed E-state index contributed by atoms with van der Waals surface area (Å²) in [6, 6.07) is 7.78. The van der Waals surface area contributed by atoms with E-state index in [2.05, 4.69) is 10.2 Å². The zero-order valence-electron chi connectivity index (χ0n) is 14.0. The highest BCUT2D eigenvalue weighted by Gasteiger charge is 2.29. The molecule has 6 nitrogen and oxygen atoms in total. The van der Waals surface area contributed by atoms with Crippen molar-refractivity contribution in [1.29, 1.82) is 0 Å². The van der Waals surface area contributed by atoms with Crippen LogP contribution in [0.15, 0.2) is 24.3 Å². The Morgan fingerprint density at radius 2 is 1.84 bits per heavy atom. The predicted octanol–water partition coefficient (Wildman–Crippen LogP) is 1.82. The van der Waals surface area contributed by atoms with E-state index >= 15 is 0 Å². The molecular formula is C18H22ClN3O3. The maximum absolute atomic E-state index is 12.0. The molecule has 0 bridgehead atoms. The van der Waals surface area contributed by atoms with Gasteiger partial charge in [-0.05, 0) is 36.6 Å². The third-order valence-electron chi connectivity index (χ3n) is 4.78. The Kier molecular flexibility index (Phi) is 5.58. The van der Waals surface area contributed by atoms with Crippen molar-refractivity contribution in [2.45, 2.75) is 25.7 Å². The number of rotatable bonds is 6. The summed E-state index contributed by atoms with van der Waals surface area (Å²) < 4.78 is 0. The number of amides is 3. The van der Waals surface area contributed by atoms with Crippen molar-refractivity contribution in [3.63, 3.8) is 0 Å². The number of likely N-dealkylation sites (tertiary alicyclic amines) is 1. The molecule has 2 saturated heterocycles. The molecule has 2 aliphatic heterocycles. The van der Waals surface area contributed by atoms with Crippen LogP contribution in [0.3, 0.4) is 0 Å². The van der Waals surface area contributed by atoms with E-state index in [4.69, 9.17) is 11.6 Å². The van der Waals surface area contributed by atoms with Crippen LogP contribution in [0.4, 0.5) is 5.69 Å². The van der Waals surface area contributed by atoms with Crippen LogP contribution >= 0.6 is 11.6 Å². The molecule has 0 spiro atoms. The lowest BCUT2D eigenvalue weighted by molar-refractivity contribution is -0.138. The maximum Gasteiger partial charge on any atom is 0.229 e. The number of halogens is 1. The standard InChI is InChI=1S/C18H22ClN3O3/c19-14-1-3-15(4-2-14)21-9-7-13(12-21)11-20-16(23)8-10-22-17(24)5-6-18(22)25/h1-4,13H,5-12H2,(H,20,23)/t13-/m0/s1. The summed E-state index contributed by atoms with van der Waals surface area (Å²) in [4.78, 5) is 38.5. The summed E-state index contributed by atoms with van der Waals surface area (Å²) in [7, 11) is 0. The fraction of sp³-hybridized carbons (Fsp3) is 0.500. The van der Waals surface area contributed by atoms with Crippen molar-refractivity contribution in [1.82, 2.24) is 10.2 Å². The highest BCUT2D eigenvalue weighted by atomic mass is 35.5. The quantitative estimate of drug-likeness (QED) is 0.783. The molecular weight excluding hydrogens is 342 g/mol. The Morgan fingerprint density at radius 3 is 2.52 bits per heavy atom. The van der Waals surface area contributed by atoms with Gasteiger partial charge in [-0.1, -0.05) is 11.6 Å². The van der Waals surface area contributed by atoms with Crippen molar-refractivity contribution in [2.75, 3.05) is 31.1 Å². The van der Waals surface area contributed by atoms with Crippen LogP contribution in [-0.4, -0.2) is 48.8 Å². The first kappa shape index (κ1) is 17.7. The number of anilines is 1. The summed E-state index contributed by atoms with van der Waals surface area (Å²) in [5.74, 6) is -0.0634. The first-order valence-electron chi connectivity index (χ1n) is 8.63. The van der Waals surface area contributed by atoms with Gasteiger partial charge in [0.25, 0.3) is 0 Å². The monoisotopic (exact) mass is 363 g/mol. The van der Waals surface area contributed by atoms with Crippen LogP contribution in [0.5, 0.6) is 0 Å². The molecule has 2 aliphatic rings. The molecule has 25 heavy (non-hydrogen) atoms. The summed E-state index contributed by atoms with van der Waals surface area (Å²) >= 11 is 5.91. The summed E-state index contributed by atoms with van der Waals surface area (Å²) in [5.41, 5.74) is 1.14. The molecule has 0 saturated carbocycles. The first-order valence-corrected chi connectivity index (χ1v) is 9.01. The van der Waals surface area contributed by atoms with Crippen LogP contribution in [0.1, 0.15) is 25.7 Å². The van der Waals surface area contributed by atoms with Gasteiger partial charge in [0.2, 0.25) is 17.7 Å². The van der Waals surface area contributed by atoms with Crippen LogP contribution in [0, 0.1) is 5.92 Å². The largest absolute Gasteiger partial charge is 0.371 e. The van der Waals surface area contributed by atoms with Crippen molar-refractivity contribution in [3.8, 4) is 0 Å².